The molecule has 3 nitrogen and oxygen atoms in total. The molecule has 0 saturated carbocycles. The molecule has 0 aromatic carbocycles. The zero-order chi connectivity index (χ0) is 10.4. The van der Waals surface area contributed by atoms with E-state index in [0.717, 1.165) is 13.1 Å². The zero-order valence-electron chi connectivity index (χ0n) is 9.12. The number of rotatable bonds is 5. The van der Waals surface area contributed by atoms with Gasteiger partial charge in [-0.1, -0.05) is 0 Å². The van der Waals surface area contributed by atoms with Crippen LogP contribution < -0.4 is 10.6 Å². The maximum Gasteiger partial charge on any atom is 0.0564 e. The van der Waals surface area contributed by atoms with Crippen LogP contribution in [0.4, 0.5) is 0 Å². The third-order valence-corrected chi connectivity index (χ3v) is 4.04. The minimum Gasteiger partial charge on any atom is -0.395 e. The lowest BCUT2D eigenvalue weighted by Gasteiger charge is -2.30. The molecule has 0 aliphatic carbocycles. The molecule has 1 rings (SSSR count). The Bertz CT molecular complexity index is 147. The van der Waals surface area contributed by atoms with Gasteiger partial charge in [-0.25, -0.2) is 0 Å². The summed E-state index contributed by atoms with van der Waals surface area (Å²) < 4.78 is 0. The largest absolute Gasteiger partial charge is 0.395 e. The molecule has 84 valence electrons. The van der Waals surface area contributed by atoms with Gasteiger partial charge in [0.25, 0.3) is 0 Å². The van der Waals surface area contributed by atoms with Crippen molar-refractivity contribution >= 4 is 11.8 Å². The van der Waals surface area contributed by atoms with Crippen LogP contribution in [0.3, 0.4) is 0 Å². The number of thioether (sulfide) groups is 1. The Labute approximate surface area is 91.0 Å². The first-order chi connectivity index (χ1) is 6.77. The predicted octanol–water partition coefficient (Wildman–Crippen LogP) is 0.440. The molecule has 0 aromatic heterocycles. The highest BCUT2D eigenvalue weighted by atomic mass is 32.2. The number of aliphatic hydroxyl groups excluding tert-OH is 1. The summed E-state index contributed by atoms with van der Waals surface area (Å²) in [5, 5.41) is 16.4. The maximum absolute atomic E-state index is 9.15. The summed E-state index contributed by atoms with van der Waals surface area (Å²) in [4.78, 5) is 0. The molecule has 14 heavy (non-hydrogen) atoms. The van der Waals surface area contributed by atoms with Crippen LogP contribution in [0, 0.1) is 0 Å². The molecule has 1 heterocycles. The number of hydrogen-bond donors (Lipinski definition) is 3. The summed E-state index contributed by atoms with van der Waals surface area (Å²) in [5.41, 5.74) is 0. The highest BCUT2D eigenvalue weighted by Crippen LogP contribution is 2.12. The van der Waals surface area contributed by atoms with E-state index in [1.165, 1.54) is 12.8 Å². The fourth-order valence-electron chi connectivity index (χ4n) is 1.90. The van der Waals surface area contributed by atoms with Gasteiger partial charge in [-0.3, -0.25) is 0 Å². The first kappa shape index (κ1) is 12.3. The van der Waals surface area contributed by atoms with E-state index in [2.05, 4.69) is 23.8 Å². The van der Waals surface area contributed by atoms with E-state index < -0.39 is 0 Å². The Hall–Kier alpha value is 0.230. The normalized spacial score (nSPS) is 23.4. The van der Waals surface area contributed by atoms with Crippen LogP contribution in [0.2, 0.25) is 0 Å². The SMILES string of the molecule is CSC(CO)C(C)NC1CCNCC1. The van der Waals surface area contributed by atoms with Gasteiger partial charge in [0.1, 0.15) is 0 Å². The minimum atomic E-state index is 0.264. The Kier molecular flexibility index (Phi) is 5.86. The van der Waals surface area contributed by atoms with E-state index in [9.17, 15) is 0 Å². The summed E-state index contributed by atoms with van der Waals surface area (Å²) in [7, 11) is 0. The van der Waals surface area contributed by atoms with Crippen molar-refractivity contribution in [3.8, 4) is 0 Å². The van der Waals surface area contributed by atoms with E-state index in [-0.39, 0.29) is 6.61 Å². The molecular formula is C10H22N2OS. The molecule has 1 aliphatic heterocycles. The van der Waals surface area contributed by atoms with Gasteiger partial charge in [0, 0.05) is 17.3 Å². The summed E-state index contributed by atoms with van der Waals surface area (Å²) in [6.07, 6.45) is 4.47. The molecule has 0 aromatic rings. The molecule has 1 fully saturated rings. The van der Waals surface area contributed by atoms with E-state index >= 15 is 0 Å². The van der Waals surface area contributed by atoms with Crippen molar-refractivity contribution in [2.45, 2.75) is 37.1 Å². The molecule has 0 spiro atoms. The van der Waals surface area contributed by atoms with Crippen LogP contribution in [0.1, 0.15) is 19.8 Å². The summed E-state index contributed by atoms with van der Waals surface area (Å²) in [5.74, 6) is 0. The minimum absolute atomic E-state index is 0.264. The van der Waals surface area contributed by atoms with Crippen molar-refractivity contribution in [2.24, 2.45) is 0 Å². The molecule has 1 aliphatic rings. The van der Waals surface area contributed by atoms with Crippen LogP contribution >= 0.6 is 11.8 Å². The van der Waals surface area contributed by atoms with Gasteiger partial charge < -0.3 is 15.7 Å². The second-order valence-electron chi connectivity index (χ2n) is 3.94. The fraction of sp³-hybridized carbons (Fsp3) is 1.00. The van der Waals surface area contributed by atoms with Gasteiger partial charge in [-0.05, 0) is 39.1 Å². The highest BCUT2D eigenvalue weighted by Gasteiger charge is 2.20. The van der Waals surface area contributed by atoms with Crippen molar-refractivity contribution < 1.29 is 5.11 Å². The number of hydrogen-bond acceptors (Lipinski definition) is 4. The van der Waals surface area contributed by atoms with Crippen molar-refractivity contribution in [1.29, 1.82) is 0 Å². The summed E-state index contributed by atoms with van der Waals surface area (Å²) in [6.45, 7) is 4.67. The molecule has 4 heteroatoms. The third-order valence-electron chi connectivity index (χ3n) is 2.88. The quantitative estimate of drug-likeness (QED) is 0.626. The van der Waals surface area contributed by atoms with Crippen LogP contribution in [-0.4, -0.2) is 48.4 Å². The fourth-order valence-corrected chi connectivity index (χ4v) is 2.54. The second kappa shape index (κ2) is 6.67. The van der Waals surface area contributed by atoms with E-state index in [1.807, 2.05) is 0 Å². The zero-order valence-corrected chi connectivity index (χ0v) is 9.94. The highest BCUT2D eigenvalue weighted by molar-refractivity contribution is 7.99. The van der Waals surface area contributed by atoms with Crippen molar-refractivity contribution in [3.05, 3.63) is 0 Å². The standard InChI is InChI=1S/C10H22N2OS/c1-8(10(7-13)14-2)12-9-3-5-11-6-4-9/h8-13H,3-7H2,1-2H3. The average Bonchev–Trinajstić information content (AvgIpc) is 2.21. The lowest BCUT2D eigenvalue weighted by atomic mass is 10.1. The predicted molar refractivity (Wildman–Crippen MR) is 62.9 cm³/mol. The topological polar surface area (TPSA) is 44.3 Å². The molecule has 1 saturated heterocycles. The van der Waals surface area contributed by atoms with Gasteiger partial charge in [-0.2, -0.15) is 11.8 Å². The van der Waals surface area contributed by atoms with Crippen molar-refractivity contribution in [2.75, 3.05) is 26.0 Å². The van der Waals surface area contributed by atoms with Crippen LogP contribution in [0.5, 0.6) is 0 Å². The van der Waals surface area contributed by atoms with Gasteiger partial charge >= 0.3 is 0 Å². The van der Waals surface area contributed by atoms with E-state index in [4.69, 9.17) is 5.11 Å². The van der Waals surface area contributed by atoms with Gasteiger partial charge in [0.05, 0.1) is 6.61 Å². The molecule has 0 bridgehead atoms. The van der Waals surface area contributed by atoms with Gasteiger partial charge in [0.2, 0.25) is 0 Å². The number of nitrogens with one attached hydrogen (secondary N) is 2. The Balaban J connectivity index is 2.26. The van der Waals surface area contributed by atoms with E-state index in [1.54, 1.807) is 11.8 Å². The molecular weight excluding hydrogens is 196 g/mol. The lowest BCUT2D eigenvalue weighted by Crippen LogP contribution is -2.47. The first-order valence-electron chi connectivity index (χ1n) is 5.38. The van der Waals surface area contributed by atoms with Crippen LogP contribution in [0.15, 0.2) is 0 Å². The Morgan fingerprint density at radius 2 is 2.14 bits per heavy atom. The molecule has 2 unspecified atom stereocenters. The smallest absolute Gasteiger partial charge is 0.0564 e. The molecule has 0 radical (unpaired) electrons. The maximum atomic E-state index is 9.15. The van der Waals surface area contributed by atoms with Gasteiger partial charge in [0.15, 0.2) is 0 Å². The third kappa shape index (κ3) is 3.77. The first-order valence-corrected chi connectivity index (χ1v) is 6.67. The lowest BCUT2D eigenvalue weighted by molar-refractivity contribution is 0.262. The molecule has 3 N–H and O–H groups in total. The second-order valence-corrected chi connectivity index (χ2v) is 5.01. The Morgan fingerprint density at radius 3 is 2.64 bits per heavy atom. The average molecular weight is 218 g/mol. The van der Waals surface area contributed by atoms with E-state index in [0.29, 0.717) is 17.3 Å². The Morgan fingerprint density at radius 1 is 1.50 bits per heavy atom. The van der Waals surface area contributed by atoms with Crippen molar-refractivity contribution in [1.82, 2.24) is 10.6 Å². The molecule has 2 atom stereocenters. The summed E-state index contributed by atoms with van der Waals surface area (Å²) >= 11 is 1.74. The number of aliphatic hydroxyl groups is 1. The number of piperidine rings is 1. The summed E-state index contributed by atoms with van der Waals surface area (Å²) in [6, 6.07) is 1.03. The van der Waals surface area contributed by atoms with Gasteiger partial charge in [-0.15, -0.1) is 0 Å². The van der Waals surface area contributed by atoms with Crippen LogP contribution in [-0.2, 0) is 0 Å². The molecule has 0 amide bonds. The van der Waals surface area contributed by atoms with Crippen molar-refractivity contribution in [3.63, 3.8) is 0 Å². The monoisotopic (exact) mass is 218 g/mol. The van der Waals surface area contributed by atoms with Crippen LogP contribution in [0.25, 0.3) is 0 Å².